The molecule has 0 saturated heterocycles. The Morgan fingerprint density at radius 1 is 0.972 bits per heavy atom. The summed E-state index contributed by atoms with van der Waals surface area (Å²) in [6.45, 7) is 4.29. The third-order valence-corrected chi connectivity index (χ3v) is 7.55. The number of thioether (sulfide) groups is 1. The number of benzene rings is 2. The molecule has 3 aromatic heterocycles. The fourth-order valence-electron chi connectivity index (χ4n) is 4.17. The molecule has 11 heteroatoms. The van der Waals surface area contributed by atoms with Crippen LogP contribution in [0, 0.1) is 13.8 Å². The van der Waals surface area contributed by atoms with E-state index in [4.69, 9.17) is 11.6 Å². The van der Waals surface area contributed by atoms with Crippen molar-refractivity contribution in [1.29, 1.82) is 0 Å². The lowest BCUT2D eigenvalue weighted by atomic mass is 10.0. The summed E-state index contributed by atoms with van der Waals surface area (Å²) in [6, 6.07) is 12.9. The molecule has 5 rings (SSSR count). The highest BCUT2D eigenvalue weighted by Crippen LogP contribution is 2.25. The summed E-state index contributed by atoms with van der Waals surface area (Å²) in [5.74, 6) is 0.486. The number of hydrogen-bond donors (Lipinski definition) is 0. The molecule has 0 fully saturated rings. The smallest absolute Gasteiger partial charge is 0.298 e. The number of carbonyl (C=O) groups is 1. The monoisotopic (exact) mass is 522 g/mol. The molecule has 3 heterocycles. The average Bonchev–Trinajstić information content (AvgIpc) is 3.41. The van der Waals surface area contributed by atoms with Gasteiger partial charge in [0.15, 0.2) is 22.1 Å². The summed E-state index contributed by atoms with van der Waals surface area (Å²) >= 11 is 7.25. The van der Waals surface area contributed by atoms with Crippen LogP contribution in [-0.2, 0) is 20.6 Å². The quantitative estimate of drug-likeness (QED) is 0.250. The molecule has 0 N–H and O–H groups in total. The van der Waals surface area contributed by atoms with Crippen LogP contribution in [0.2, 0.25) is 5.02 Å². The molecule has 184 valence electrons. The predicted molar refractivity (Wildman–Crippen MR) is 140 cm³/mol. The van der Waals surface area contributed by atoms with Gasteiger partial charge in [-0.15, -0.1) is 10.2 Å². The van der Waals surface area contributed by atoms with Crippen molar-refractivity contribution in [3.8, 4) is 0 Å². The third-order valence-electron chi connectivity index (χ3n) is 6.37. The molecule has 36 heavy (non-hydrogen) atoms. The largest absolute Gasteiger partial charge is 0.332 e. The Morgan fingerprint density at radius 2 is 1.69 bits per heavy atom. The summed E-state index contributed by atoms with van der Waals surface area (Å²) < 4.78 is 5.89. The number of carbonyl (C=O) groups excluding carboxylic acids is 1. The molecule has 0 aliphatic rings. The van der Waals surface area contributed by atoms with Crippen LogP contribution in [0.25, 0.3) is 16.9 Å². The number of aryl methyl sites for hydroxylation is 3. The van der Waals surface area contributed by atoms with E-state index < -0.39 is 11.2 Å². The highest BCUT2D eigenvalue weighted by atomic mass is 35.5. The van der Waals surface area contributed by atoms with Gasteiger partial charge in [0.2, 0.25) is 5.78 Å². The lowest BCUT2D eigenvalue weighted by Gasteiger charge is -2.08. The SMILES string of the molecule is Cc1ccc(C(=O)CSc2nnc3n(Cc4ccc(Cl)cc4)c4c(=O)n(C)c(=O)n(C)c4n23)cc1C. The van der Waals surface area contributed by atoms with Gasteiger partial charge in [0.1, 0.15) is 0 Å². The molecule has 9 nitrogen and oxygen atoms in total. The van der Waals surface area contributed by atoms with Gasteiger partial charge in [0, 0.05) is 24.7 Å². The average molecular weight is 523 g/mol. The number of fused-ring (bicyclic) bond motifs is 3. The molecular formula is C25H23ClN6O3S. The van der Waals surface area contributed by atoms with Crippen LogP contribution in [0.15, 0.2) is 57.2 Å². The van der Waals surface area contributed by atoms with E-state index in [0.29, 0.717) is 39.2 Å². The van der Waals surface area contributed by atoms with Gasteiger partial charge in [-0.05, 0) is 48.7 Å². The second-order valence-corrected chi connectivity index (χ2v) is 10.1. The zero-order valence-electron chi connectivity index (χ0n) is 20.1. The number of nitrogens with zero attached hydrogens (tertiary/aromatic N) is 6. The van der Waals surface area contributed by atoms with Crippen LogP contribution in [0.5, 0.6) is 0 Å². The molecular weight excluding hydrogens is 500 g/mol. The number of aromatic nitrogens is 6. The molecule has 0 saturated carbocycles. The number of rotatable bonds is 6. The molecule has 0 aliphatic heterocycles. The highest BCUT2D eigenvalue weighted by Gasteiger charge is 2.24. The minimum absolute atomic E-state index is 0.0467. The molecule has 0 atom stereocenters. The summed E-state index contributed by atoms with van der Waals surface area (Å²) in [7, 11) is 3.05. The molecule has 2 aromatic carbocycles. The zero-order chi connectivity index (χ0) is 25.7. The Hall–Kier alpha value is -3.63. The predicted octanol–water partition coefficient (Wildman–Crippen LogP) is 3.37. The molecule has 0 radical (unpaired) electrons. The first-order valence-electron chi connectivity index (χ1n) is 11.2. The standard InChI is InChI=1S/C25H23ClN6O3S/c1-14-5-8-17(11-15(14)2)19(33)13-36-24-28-27-23-31(12-16-6-9-18(26)10-7-16)20-21(32(23)24)29(3)25(35)30(4)22(20)34/h5-11H,12-13H2,1-4H3. The van der Waals surface area contributed by atoms with Gasteiger partial charge in [-0.2, -0.15) is 0 Å². The van der Waals surface area contributed by atoms with Gasteiger partial charge in [-0.25, -0.2) is 9.20 Å². The maximum Gasteiger partial charge on any atom is 0.332 e. The zero-order valence-corrected chi connectivity index (χ0v) is 21.7. The van der Waals surface area contributed by atoms with Gasteiger partial charge in [-0.1, -0.05) is 47.6 Å². The van der Waals surface area contributed by atoms with Crippen molar-refractivity contribution in [2.24, 2.45) is 14.1 Å². The number of ketones is 1. The van der Waals surface area contributed by atoms with E-state index in [-0.39, 0.29) is 11.5 Å². The van der Waals surface area contributed by atoms with Crippen molar-refractivity contribution in [3.63, 3.8) is 0 Å². The van der Waals surface area contributed by atoms with Crippen LogP contribution in [-0.4, -0.2) is 39.8 Å². The van der Waals surface area contributed by atoms with Crippen LogP contribution in [0.3, 0.4) is 0 Å². The molecule has 0 amide bonds. The second kappa shape index (κ2) is 9.11. The van der Waals surface area contributed by atoms with Crippen LogP contribution in [0.1, 0.15) is 27.0 Å². The Kier molecular flexibility index (Phi) is 6.09. The van der Waals surface area contributed by atoms with Crippen LogP contribution in [0.4, 0.5) is 0 Å². The Labute approximate surface area is 214 Å². The van der Waals surface area contributed by atoms with Crippen LogP contribution >= 0.6 is 23.4 Å². The second-order valence-electron chi connectivity index (χ2n) is 8.72. The summed E-state index contributed by atoms with van der Waals surface area (Å²) in [5, 5.41) is 9.67. The van der Waals surface area contributed by atoms with Gasteiger partial charge in [0.25, 0.3) is 5.56 Å². The Balaban J connectivity index is 1.63. The molecule has 0 bridgehead atoms. The molecule has 0 spiro atoms. The van der Waals surface area contributed by atoms with Crippen molar-refractivity contribution in [3.05, 3.63) is 90.6 Å². The van der Waals surface area contributed by atoms with E-state index in [1.165, 1.54) is 23.4 Å². The summed E-state index contributed by atoms with van der Waals surface area (Å²) in [6.07, 6.45) is 0. The van der Waals surface area contributed by atoms with Gasteiger partial charge in [-0.3, -0.25) is 23.3 Å². The van der Waals surface area contributed by atoms with E-state index in [2.05, 4.69) is 10.2 Å². The first-order valence-corrected chi connectivity index (χ1v) is 12.5. The molecule has 5 aromatic rings. The van der Waals surface area contributed by atoms with E-state index in [9.17, 15) is 14.4 Å². The van der Waals surface area contributed by atoms with E-state index in [1.807, 2.05) is 44.2 Å². The van der Waals surface area contributed by atoms with E-state index in [0.717, 1.165) is 21.3 Å². The lowest BCUT2D eigenvalue weighted by molar-refractivity contribution is 0.102. The fourth-order valence-corrected chi connectivity index (χ4v) is 5.12. The third kappa shape index (κ3) is 3.96. The Morgan fingerprint density at radius 3 is 2.39 bits per heavy atom. The number of imidazole rings is 1. The Bertz CT molecular complexity index is 1780. The first-order chi connectivity index (χ1) is 17.2. The topological polar surface area (TPSA) is 96.2 Å². The van der Waals surface area contributed by atoms with Gasteiger partial charge in [0.05, 0.1) is 12.3 Å². The van der Waals surface area contributed by atoms with Crippen LogP contribution < -0.4 is 11.2 Å². The highest BCUT2D eigenvalue weighted by molar-refractivity contribution is 7.99. The normalized spacial score (nSPS) is 11.6. The number of Topliss-reactive ketones (excluding diaryl/α,β-unsaturated/α-hetero) is 1. The van der Waals surface area contributed by atoms with Crippen molar-refractivity contribution < 1.29 is 4.79 Å². The summed E-state index contributed by atoms with van der Waals surface area (Å²) in [5.41, 5.74) is 3.49. The lowest BCUT2D eigenvalue weighted by Crippen LogP contribution is -2.37. The summed E-state index contributed by atoms with van der Waals surface area (Å²) in [4.78, 5) is 38.9. The maximum atomic E-state index is 13.2. The van der Waals surface area contributed by atoms with Crippen molar-refractivity contribution in [2.45, 2.75) is 25.5 Å². The van der Waals surface area contributed by atoms with Crippen molar-refractivity contribution in [1.82, 2.24) is 28.3 Å². The van der Waals surface area contributed by atoms with Gasteiger partial charge >= 0.3 is 5.69 Å². The maximum absolute atomic E-state index is 13.2. The minimum atomic E-state index is -0.464. The fraction of sp³-hybridized carbons (Fsp3) is 0.240. The van der Waals surface area contributed by atoms with E-state index in [1.54, 1.807) is 28.1 Å². The molecule has 0 aliphatic carbocycles. The van der Waals surface area contributed by atoms with Gasteiger partial charge < -0.3 is 0 Å². The molecule has 0 unspecified atom stereocenters. The number of halogens is 1. The van der Waals surface area contributed by atoms with Crippen molar-refractivity contribution in [2.75, 3.05) is 5.75 Å². The minimum Gasteiger partial charge on any atom is -0.298 e. The van der Waals surface area contributed by atoms with E-state index >= 15 is 0 Å². The van der Waals surface area contributed by atoms with Crippen molar-refractivity contribution >= 4 is 46.1 Å². The first kappa shape index (κ1) is 24.1. The number of hydrogen-bond acceptors (Lipinski definition) is 6.